The van der Waals surface area contributed by atoms with Gasteiger partial charge in [-0.25, -0.2) is 4.98 Å². The Labute approximate surface area is 137 Å². The molecule has 0 amide bonds. The lowest BCUT2D eigenvalue weighted by molar-refractivity contribution is 0.405. The Hall–Kier alpha value is -0.970. The Morgan fingerprint density at radius 3 is 2.50 bits per heavy atom. The van der Waals surface area contributed by atoms with Crippen molar-refractivity contribution in [1.29, 1.82) is 0 Å². The first-order chi connectivity index (χ1) is 10.8. The number of rotatable bonds is 1. The summed E-state index contributed by atoms with van der Waals surface area (Å²) < 4.78 is 1.33. The Bertz CT molecular complexity index is 535. The highest BCUT2D eigenvalue weighted by Gasteiger charge is 2.18. The summed E-state index contributed by atoms with van der Waals surface area (Å²) in [6, 6.07) is 8.43. The molecule has 4 rings (SSSR count). The van der Waals surface area contributed by atoms with Crippen LogP contribution in [0.4, 0.5) is 0 Å². The standard InChI is InChI=1S/C12H14N2S.C6H13N/c1-2-4-11-10(3-1)14-12(15-11)9-5-7-13-8-6-9;1-6-3-2-4-7-5-6/h1-4,9,13H,5-8H2;6-7H,2-5H2,1H3. The molecule has 2 aromatic rings. The molecule has 1 unspecified atom stereocenters. The summed E-state index contributed by atoms with van der Waals surface area (Å²) in [4.78, 5) is 4.73. The Morgan fingerprint density at radius 2 is 1.86 bits per heavy atom. The molecule has 1 atom stereocenters. The first kappa shape index (κ1) is 15.9. The van der Waals surface area contributed by atoms with E-state index in [0.29, 0.717) is 5.92 Å². The maximum Gasteiger partial charge on any atom is 0.0970 e. The number of benzene rings is 1. The number of piperidine rings is 2. The zero-order valence-electron chi connectivity index (χ0n) is 13.5. The Kier molecular flexibility index (Phi) is 5.82. The summed E-state index contributed by atoms with van der Waals surface area (Å²) in [5, 5.41) is 8.06. The molecule has 0 radical (unpaired) electrons. The van der Waals surface area contributed by atoms with Crippen LogP contribution in [-0.2, 0) is 0 Å². The summed E-state index contributed by atoms with van der Waals surface area (Å²) in [6.45, 7) is 7.05. The number of fused-ring (bicyclic) bond motifs is 1. The second-order valence-electron chi connectivity index (χ2n) is 6.50. The predicted molar refractivity (Wildman–Crippen MR) is 95.7 cm³/mol. The molecule has 0 spiro atoms. The fourth-order valence-corrected chi connectivity index (χ4v) is 4.30. The molecule has 1 aromatic heterocycles. The van der Waals surface area contributed by atoms with Gasteiger partial charge in [-0.05, 0) is 69.9 Å². The smallest absolute Gasteiger partial charge is 0.0970 e. The molecule has 2 aliphatic heterocycles. The van der Waals surface area contributed by atoms with Crippen molar-refractivity contribution in [1.82, 2.24) is 15.6 Å². The Balaban J connectivity index is 0.000000174. The van der Waals surface area contributed by atoms with E-state index >= 15 is 0 Å². The van der Waals surface area contributed by atoms with E-state index in [0.717, 1.165) is 24.5 Å². The van der Waals surface area contributed by atoms with Gasteiger partial charge in [-0.2, -0.15) is 0 Å². The first-order valence-corrected chi connectivity index (χ1v) is 9.41. The van der Waals surface area contributed by atoms with Crippen LogP contribution in [0.3, 0.4) is 0 Å². The molecular weight excluding hydrogens is 290 g/mol. The largest absolute Gasteiger partial charge is 0.317 e. The molecular formula is C18H27N3S. The first-order valence-electron chi connectivity index (χ1n) is 8.60. The van der Waals surface area contributed by atoms with Gasteiger partial charge in [0.2, 0.25) is 0 Å². The van der Waals surface area contributed by atoms with Crippen LogP contribution >= 0.6 is 11.3 Å². The molecule has 0 saturated carbocycles. The fourth-order valence-electron chi connectivity index (χ4n) is 3.16. The predicted octanol–water partition coefficient (Wildman–Crippen LogP) is 3.77. The molecule has 4 heteroatoms. The van der Waals surface area contributed by atoms with Crippen molar-refractivity contribution in [2.75, 3.05) is 26.2 Å². The van der Waals surface area contributed by atoms with E-state index in [1.54, 1.807) is 0 Å². The van der Waals surface area contributed by atoms with Crippen molar-refractivity contribution in [2.45, 2.75) is 38.5 Å². The summed E-state index contributed by atoms with van der Waals surface area (Å²) in [6.07, 6.45) is 5.27. The summed E-state index contributed by atoms with van der Waals surface area (Å²) in [5.74, 6) is 1.61. The number of hydrogen-bond acceptors (Lipinski definition) is 4. The van der Waals surface area contributed by atoms with E-state index in [4.69, 9.17) is 4.98 Å². The van der Waals surface area contributed by atoms with E-state index in [2.05, 4.69) is 41.8 Å². The van der Waals surface area contributed by atoms with E-state index in [1.165, 1.54) is 48.5 Å². The van der Waals surface area contributed by atoms with Gasteiger partial charge >= 0.3 is 0 Å². The van der Waals surface area contributed by atoms with Crippen molar-refractivity contribution in [3.05, 3.63) is 29.3 Å². The molecule has 2 fully saturated rings. The molecule has 3 heterocycles. The summed E-state index contributed by atoms with van der Waals surface area (Å²) >= 11 is 1.86. The SMILES string of the molecule is CC1CCCNC1.c1ccc2sc(C3CCNCC3)nc2c1. The molecule has 22 heavy (non-hydrogen) atoms. The third-order valence-corrected chi connectivity index (χ3v) is 5.74. The number of para-hydroxylation sites is 1. The number of hydrogen-bond donors (Lipinski definition) is 2. The Morgan fingerprint density at radius 1 is 1.05 bits per heavy atom. The van der Waals surface area contributed by atoms with Gasteiger partial charge in [-0.15, -0.1) is 11.3 Å². The highest BCUT2D eigenvalue weighted by Crippen LogP contribution is 2.31. The van der Waals surface area contributed by atoms with Crippen molar-refractivity contribution in [2.24, 2.45) is 5.92 Å². The lowest BCUT2D eigenvalue weighted by atomic mass is 9.99. The minimum Gasteiger partial charge on any atom is -0.317 e. The minimum atomic E-state index is 0.684. The van der Waals surface area contributed by atoms with Crippen LogP contribution in [-0.4, -0.2) is 31.2 Å². The average molecular weight is 318 g/mol. The fraction of sp³-hybridized carbons (Fsp3) is 0.611. The number of nitrogens with zero attached hydrogens (tertiary/aromatic N) is 1. The monoisotopic (exact) mass is 317 g/mol. The van der Waals surface area contributed by atoms with Gasteiger partial charge in [0.25, 0.3) is 0 Å². The third kappa shape index (κ3) is 4.28. The summed E-state index contributed by atoms with van der Waals surface area (Å²) in [5.41, 5.74) is 1.16. The van der Waals surface area contributed by atoms with Crippen molar-refractivity contribution in [3.63, 3.8) is 0 Å². The maximum absolute atomic E-state index is 4.73. The van der Waals surface area contributed by atoms with Gasteiger partial charge in [0.15, 0.2) is 0 Å². The van der Waals surface area contributed by atoms with Gasteiger partial charge in [0, 0.05) is 5.92 Å². The van der Waals surface area contributed by atoms with E-state index in [-0.39, 0.29) is 0 Å². The van der Waals surface area contributed by atoms with Gasteiger partial charge < -0.3 is 10.6 Å². The van der Waals surface area contributed by atoms with Crippen LogP contribution in [0.1, 0.15) is 43.5 Å². The van der Waals surface area contributed by atoms with Crippen LogP contribution in [0, 0.1) is 5.92 Å². The zero-order chi connectivity index (χ0) is 15.2. The maximum atomic E-state index is 4.73. The van der Waals surface area contributed by atoms with Crippen LogP contribution in [0.5, 0.6) is 0 Å². The van der Waals surface area contributed by atoms with Gasteiger partial charge in [-0.1, -0.05) is 19.1 Å². The van der Waals surface area contributed by atoms with Crippen molar-refractivity contribution in [3.8, 4) is 0 Å². The molecule has 120 valence electrons. The molecule has 1 aromatic carbocycles. The molecule has 3 nitrogen and oxygen atoms in total. The van der Waals surface area contributed by atoms with Crippen molar-refractivity contribution >= 4 is 21.6 Å². The minimum absolute atomic E-state index is 0.684. The normalized spacial score (nSPS) is 23.0. The number of thiazole rings is 1. The molecule has 2 N–H and O–H groups in total. The molecule has 2 saturated heterocycles. The number of nitrogens with one attached hydrogen (secondary N) is 2. The van der Waals surface area contributed by atoms with Crippen LogP contribution in [0.15, 0.2) is 24.3 Å². The van der Waals surface area contributed by atoms with Gasteiger partial charge in [-0.3, -0.25) is 0 Å². The second-order valence-corrected chi connectivity index (χ2v) is 7.56. The average Bonchev–Trinajstić information content (AvgIpc) is 3.01. The number of aromatic nitrogens is 1. The van der Waals surface area contributed by atoms with E-state index in [1.807, 2.05) is 11.3 Å². The highest BCUT2D eigenvalue weighted by molar-refractivity contribution is 7.18. The lowest BCUT2D eigenvalue weighted by Gasteiger charge is -2.20. The molecule has 0 bridgehead atoms. The quantitative estimate of drug-likeness (QED) is 0.840. The topological polar surface area (TPSA) is 37.0 Å². The van der Waals surface area contributed by atoms with Crippen molar-refractivity contribution < 1.29 is 0 Å². The molecule has 2 aliphatic rings. The second kappa shape index (κ2) is 8.04. The van der Waals surface area contributed by atoms with E-state index < -0.39 is 0 Å². The van der Waals surface area contributed by atoms with Crippen LogP contribution < -0.4 is 10.6 Å². The third-order valence-electron chi connectivity index (χ3n) is 4.54. The lowest BCUT2D eigenvalue weighted by Crippen LogP contribution is -2.27. The van der Waals surface area contributed by atoms with Crippen LogP contribution in [0.2, 0.25) is 0 Å². The summed E-state index contributed by atoms with van der Waals surface area (Å²) in [7, 11) is 0. The molecule has 0 aliphatic carbocycles. The highest BCUT2D eigenvalue weighted by atomic mass is 32.1. The van der Waals surface area contributed by atoms with Gasteiger partial charge in [0.1, 0.15) is 0 Å². The zero-order valence-corrected chi connectivity index (χ0v) is 14.3. The van der Waals surface area contributed by atoms with Gasteiger partial charge in [0.05, 0.1) is 15.2 Å². The van der Waals surface area contributed by atoms with E-state index in [9.17, 15) is 0 Å². The van der Waals surface area contributed by atoms with Crippen LogP contribution in [0.25, 0.3) is 10.2 Å².